The van der Waals surface area contributed by atoms with Gasteiger partial charge in [-0.2, -0.15) is 0 Å². The Hall–Kier alpha value is -1.09. The van der Waals surface area contributed by atoms with Crippen molar-refractivity contribution in [3.05, 3.63) is 17.4 Å². The molecule has 1 aromatic heterocycles. The van der Waals surface area contributed by atoms with E-state index in [1.807, 2.05) is 13.8 Å². The summed E-state index contributed by atoms with van der Waals surface area (Å²) in [5, 5.41) is -0.319. The standard InChI is InChI=1S/C13H22N2O5S.ClH/c1-5-13(6-2,8-14)15-21(17,18)11-7-10(9(3)20-11)12(16)19-4;/h7,15H,5-6,8,14H2,1-4H3;1H. The number of carbonyl (C=O) groups excluding carboxylic acids is 1. The normalized spacial score (nSPS) is 11.9. The minimum absolute atomic E-state index is 0. The van der Waals surface area contributed by atoms with Gasteiger partial charge >= 0.3 is 5.97 Å². The number of carbonyl (C=O) groups is 1. The molecule has 0 aliphatic rings. The third-order valence-electron chi connectivity index (χ3n) is 3.66. The average molecular weight is 355 g/mol. The van der Waals surface area contributed by atoms with Gasteiger partial charge in [0.25, 0.3) is 10.0 Å². The molecule has 0 amide bonds. The summed E-state index contributed by atoms with van der Waals surface area (Å²) < 4.78 is 37.1. The highest BCUT2D eigenvalue weighted by molar-refractivity contribution is 7.89. The Morgan fingerprint density at radius 1 is 1.41 bits per heavy atom. The van der Waals surface area contributed by atoms with Gasteiger partial charge in [-0.25, -0.2) is 17.9 Å². The van der Waals surface area contributed by atoms with Crippen LogP contribution in [-0.2, 0) is 14.8 Å². The number of sulfonamides is 1. The van der Waals surface area contributed by atoms with Crippen LogP contribution in [0.1, 0.15) is 42.8 Å². The maximum absolute atomic E-state index is 12.4. The third-order valence-corrected chi connectivity index (χ3v) is 5.09. The summed E-state index contributed by atoms with van der Waals surface area (Å²) in [4.78, 5) is 11.5. The molecule has 0 aliphatic heterocycles. The molecule has 0 spiro atoms. The molecule has 3 N–H and O–H groups in total. The molecule has 0 saturated heterocycles. The fraction of sp³-hybridized carbons (Fsp3) is 0.615. The van der Waals surface area contributed by atoms with Gasteiger partial charge in [-0.05, 0) is 19.8 Å². The fourth-order valence-electron chi connectivity index (χ4n) is 1.96. The minimum Gasteiger partial charge on any atom is -0.465 e. The van der Waals surface area contributed by atoms with Gasteiger partial charge in [-0.15, -0.1) is 12.4 Å². The molecular formula is C13H23ClN2O5S. The number of aryl methyl sites for hydroxylation is 1. The van der Waals surface area contributed by atoms with Crippen LogP contribution < -0.4 is 10.5 Å². The first-order valence-electron chi connectivity index (χ1n) is 6.68. The molecule has 0 atom stereocenters. The summed E-state index contributed by atoms with van der Waals surface area (Å²) >= 11 is 0. The van der Waals surface area contributed by atoms with Crippen LogP contribution in [-0.4, -0.2) is 33.6 Å². The lowest BCUT2D eigenvalue weighted by Gasteiger charge is -2.30. The van der Waals surface area contributed by atoms with Crippen LogP contribution in [0.2, 0.25) is 0 Å². The molecule has 1 aromatic rings. The zero-order valence-electron chi connectivity index (χ0n) is 13.1. The Bertz CT molecular complexity index is 600. The lowest BCUT2D eigenvalue weighted by Crippen LogP contribution is -2.52. The quantitative estimate of drug-likeness (QED) is 0.719. The van der Waals surface area contributed by atoms with E-state index in [4.69, 9.17) is 10.2 Å². The number of hydrogen-bond donors (Lipinski definition) is 2. The summed E-state index contributed by atoms with van der Waals surface area (Å²) in [6.07, 6.45) is 1.09. The summed E-state index contributed by atoms with van der Waals surface area (Å²) in [6, 6.07) is 1.16. The Balaban J connectivity index is 0.00000441. The molecule has 0 bridgehead atoms. The summed E-state index contributed by atoms with van der Waals surface area (Å²) in [5.41, 5.74) is 5.04. The Morgan fingerprint density at radius 3 is 2.36 bits per heavy atom. The zero-order chi connectivity index (χ0) is 16.3. The largest absolute Gasteiger partial charge is 0.465 e. The average Bonchev–Trinajstić information content (AvgIpc) is 2.87. The van der Waals surface area contributed by atoms with E-state index in [2.05, 4.69) is 9.46 Å². The number of hydrogen-bond acceptors (Lipinski definition) is 6. The first kappa shape index (κ1) is 20.9. The highest BCUT2D eigenvalue weighted by Crippen LogP contribution is 2.23. The van der Waals surface area contributed by atoms with Gasteiger partial charge in [0.15, 0.2) is 0 Å². The molecule has 1 rings (SSSR count). The van der Waals surface area contributed by atoms with Gasteiger partial charge in [-0.1, -0.05) is 13.8 Å². The Kier molecular flexibility index (Phi) is 7.56. The molecule has 22 heavy (non-hydrogen) atoms. The number of halogens is 1. The summed E-state index contributed by atoms with van der Waals surface area (Å²) in [6.45, 7) is 5.38. The molecule has 9 heteroatoms. The SMILES string of the molecule is CCC(CC)(CN)NS(=O)(=O)c1cc(C(=O)OC)c(C)o1.Cl. The molecule has 0 saturated carbocycles. The van der Waals surface area contributed by atoms with Gasteiger partial charge in [-0.3, -0.25) is 0 Å². The molecular weight excluding hydrogens is 332 g/mol. The fourth-order valence-corrected chi connectivity index (χ4v) is 3.51. The zero-order valence-corrected chi connectivity index (χ0v) is 14.8. The number of methoxy groups -OCH3 is 1. The molecule has 128 valence electrons. The van der Waals surface area contributed by atoms with E-state index in [1.54, 1.807) is 0 Å². The Morgan fingerprint density at radius 2 is 1.95 bits per heavy atom. The topological polar surface area (TPSA) is 112 Å². The van der Waals surface area contributed by atoms with E-state index in [-0.39, 0.29) is 35.4 Å². The van der Waals surface area contributed by atoms with Crippen molar-refractivity contribution in [2.45, 2.75) is 44.2 Å². The molecule has 0 fully saturated rings. The van der Waals surface area contributed by atoms with E-state index in [0.29, 0.717) is 12.8 Å². The van der Waals surface area contributed by atoms with E-state index >= 15 is 0 Å². The van der Waals surface area contributed by atoms with E-state index in [0.717, 1.165) is 6.07 Å². The molecule has 7 nitrogen and oxygen atoms in total. The molecule has 1 heterocycles. The second-order valence-corrected chi connectivity index (χ2v) is 6.44. The number of nitrogens with two attached hydrogens (primary N) is 1. The third kappa shape index (κ3) is 4.22. The van der Waals surface area contributed by atoms with Gasteiger partial charge in [0, 0.05) is 18.2 Å². The number of esters is 1. The van der Waals surface area contributed by atoms with Crippen LogP contribution in [0, 0.1) is 6.92 Å². The smallest absolute Gasteiger partial charge is 0.341 e. The van der Waals surface area contributed by atoms with Crippen LogP contribution in [0.4, 0.5) is 0 Å². The Labute approximate surface area is 137 Å². The van der Waals surface area contributed by atoms with Crippen molar-refractivity contribution in [2.75, 3.05) is 13.7 Å². The lowest BCUT2D eigenvalue weighted by atomic mass is 9.95. The van der Waals surface area contributed by atoms with Crippen molar-refractivity contribution in [2.24, 2.45) is 5.73 Å². The predicted octanol–water partition coefficient (Wildman–Crippen LogP) is 1.59. The second-order valence-electron chi connectivity index (χ2n) is 4.82. The van der Waals surface area contributed by atoms with Crippen LogP contribution in [0.25, 0.3) is 0 Å². The van der Waals surface area contributed by atoms with E-state index in [1.165, 1.54) is 14.0 Å². The first-order chi connectivity index (χ1) is 9.75. The lowest BCUT2D eigenvalue weighted by molar-refractivity contribution is 0.0598. The van der Waals surface area contributed by atoms with Crippen molar-refractivity contribution in [1.82, 2.24) is 4.72 Å². The summed E-state index contributed by atoms with van der Waals surface area (Å²) in [7, 11) is -2.69. The highest BCUT2D eigenvalue weighted by atomic mass is 35.5. The van der Waals surface area contributed by atoms with Crippen molar-refractivity contribution in [3.63, 3.8) is 0 Å². The molecule has 0 aliphatic carbocycles. The van der Waals surface area contributed by atoms with Crippen LogP contribution in [0.3, 0.4) is 0 Å². The summed E-state index contributed by atoms with van der Waals surface area (Å²) in [5.74, 6) is -0.456. The molecule has 0 unspecified atom stereocenters. The van der Waals surface area contributed by atoms with Gasteiger partial charge in [0.2, 0.25) is 5.09 Å². The number of furan rings is 1. The van der Waals surface area contributed by atoms with Gasteiger partial charge < -0.3 is 14.9 Å². The van der Waals surface area contributed by atoms with E-state index in [9.17, 15) is 13.2 Å². The van der Waals surface area contributed by atoms with Crippen LogP contribution in [0.5, 0.6) is 0 Å². The maximum Gasteiger partial charge on any atom is 0.341 e. The molecule has 0 aromatic carbocycles. The maximum atomic E-state index is 12.4. The highest BCUT2D eigenvalue weighted by Gasteiger charge is 2.33. The monoisotopic (exact) mass is 354 g/mol. The minimum atomic E-state index is -3.90. The number of ether oxygens (including phenoxy) is 1. The number of rotatable bonds is 7. The number of nitrogens with one attached hydrogen (secondary N) is 1. The van der Waals surface area contributed by atoms with Crippen LogP contribution in [0.15, 0.2) is 15.6 Å². The predicted molar refractivity (Wildman–Crippen MR) is 84.7 cm³/mol. The van der Waals surface area contributed by atoms with Crippen molar-refractivity contribution in [3.8, 4) is 0 Å². The first-order valence-corrected chi connectivity index (χ1v) is 8.16. The van der Waals surface area contributed by atoms with Crippen molar-refractivity contribution >= 4 is 28.4 Å². The van der Waals surface area contributed by atoms with Gasteiger partial charge in [0.1, 0.15) is 11.3 Å². The van der Waals surface area contributed by atoms with Gasteiger partial charge in [0.05, 0.1) is 7.11 Å². The van der Waals surface area contributed by atoms with E-state index < -0.39 is 21.5 Å². The van der Waals surface area contributed by atoms with Crippen LogP contribution >= 0.6 is 12.4 Å². The second kappa shape index (κ2) is 7.96. The molecule has 0 radical (unpaired) electrons. The van der Waals surface area contributed by atoms with Crippen molar-refractivity contribution < 1.29 is 22.4 Å². The van der Waals surface area contributed by atoms with Crippen molar-refractivity contribution in [1.29, 1.82) is 0 Å².